The monoisotopic (exact) mass is 334 g/mol. The van der Waals surface area contributed by atoms with Gasteiger partial charge in [-0.15, -0.1) is 0 Å². The summed E-state index contributed by atoms with van der Waals surface area (Å²) in [7, 11) is 0. The molecular weight excluding hydrogens is 312 g/mol. The summed E-state index contributed by atoms with van der Waals surface area (Å²) in [6, 6.07) is 8.68. The Hall–Kier alpha value is -3.12. The zero-order valence-electron chi connectivity index (χ0n) is 15.2. The smallest absolute Gasteiger partial charge is 0.00331 e. The second-order valence-electron chi connectivity index (χ2n) is 6.96. The molecule has 3 aliphatic carbocycles. The average molecular weight is 334 g/mol. The van der Waals surface area contributed by atoms with Crippen LogP contribution >= 0.6 is 0 Å². The van der Waals surface area contributed by atoms with Crippen LogP contribution in [0.5, 0.6) is 0 Å². The van der Waals surface area contributed by atoms with E-state index in [1.54, 1.807) is 0 Å². The minimum Gasteiger partial charge on any atom is -0.0912 e. The summed E-state index contributed by atoms with van der Waals surface area (Å²) in [6.45, 7) is 18.7. The highest BCUT2D eigenvalue weighted by Gasteiger charge is 2.29. The fourth-order valence-corrected chi connectivity index (χ4v) is 3.79. The molecule has 0 amide bonds. The van der Waals surface area contributed by atoms with Gasteiger partial charge in [0.25, 0.3) is 0 Å². The molecule has 3 aliphatic rings. The maximum Gasteiger partial charge on any atom is -0.00331 e. The molecule has 0 saturated carbocycles. The summed E-state index contributed by atoms with van der Waals surface area (Å²) in [4.78, 5) is 0. The maximum atomic E-state index is 4.23. The van der Waals surface area contributed by atoms with E-state index in [1.807, 2.05) is 6.08 Å². The van der Waals surface area contributed by atoms with Crippen molar-refractivity contribution in [3.05, 3.63) is 130 Å². The first-order valence-electron chi connectivity index (χ1n) is 8.87. The Bertz CT molecular complexity index is 1130. The van der Waals surface area contributed by atoms with Crippen molar-refractivity contribution in [2.24, 2.45) is 0 Å². The summed E-state index contributed by atoms with van der Waals surface area (Å²) in [5.74, 6) is 0. The van der Waals surface area contributed by atoms with E-state index in [4.69, 9.17) is 0 Å². The molecule has 0 unspecified atom stereocenters. The number of rotatable bonds is 2. The fourth-order valence-electron chi connectivity index (χ4n) is 3.79. The predicted molar refractivity (Wildman–Crippen MR) is 113 cm³/mol. The molecule has 0 fully saturated rings. The molecule has 0 radical (unpaired) electrons. The molecule has 0 nitrogen and oxygen atoms in total. The van der Waals surface area contributed by atoms with E-state index in [0.29, 0.717) is 0 Å². The van der Waals surface area contributed by atoms with Crippen LogP contribution in [0.4, 0.5) is 0 Å². The van der Waals surface area contributed by atoms with Gasteiger partial charge in [-0.1, -0.05) is 81.0 Å². The van der Waals surface area contributed by atoms with E-state index in [-0.39, 0.29) is 0 Å². The summed E-state index contributed by atoms with van der Waals surface area (Å²) >= 11 is 0. The molecule has 0 saturated heterocycles. The predicted octanol–water partition coefficient (Wildman–Crippen LogP) is 5.00. The van der Waals surface area contributed by atoms with Crippen LogP contribution in [0, 0.1) is 0 Å². The molecule has 1 aromatic rings. The maximum absolute atomic E-state index is 4.23. The van der Waals surface area contributed by atoms with E-state index >= 15 is 0 Å². The molecule has 0 bridgehead atoms. The third-order valence-corrected chi connectivity index (χ3v) is 5.45. The van der Waals surface area contributed by atoms with Gasteiger partial charge in [0.2, 0.25) is 0 Å². The highest BCUT2D eigenvalue weighted by atomic mass is 14.3. The Morgan fingerprint density at radius 3 is 2.15 bits per heavy atom. The molecular formula is C26H22. The highest BCUT2D eigenvalue weighted by molar-refractivity contribution is 5.89. The fraction of sp³-hybridized carbons (Fsp3) is 0.0769. The molecule has 0 spiro atoms. The van der Waals surface area contributed by atoms with Crippen molar-refractivity contribution in [2.75, 3.05) is 0 Å². The standard InChI is InChI=1S/C26H22/c1-16-10-15-24(17(16)2)22-13-11-21(12-14-22)20(5)25-18(3)19(4)26(25)23-8-6-7-9-23/h6,8-15H,1-4,7H2,5H3. The Morgan fingerprint density at radius 1 is 0.846 bits per heavy atom. The average Bonchev–Trinajstić information content (AvgIpc) is 3.29. The lowest BCUT2D eigenvalue weighted by Crippen LogP contribution is -2.18. The Kier molecular flexibility index (Phi) is 3.77. The highest BCUT2D eigenvalue weighted by Crippen LogP contribution is 2.46. The summed E-state index contributed by atoms with van der Waals surface area (Å²) in [6.07, 6.45) is 11.7. The van der Waals surface area contributed by atoms with Gasteiger partial charge in [-0.05, 0) is 73.9 Å². The minimum atomic E-state index is 0.990. The molecule has 1 aromatic carbocycles. The van der Waals surface area contributed by atoms with Crippen LogP contribution in [0.3, 0.4) is 0 Å². The summed E-state index contributed by atoms with van der Waals surface area (Å²) in [5.41, 5.74) is 10.3. The van der Waals surface area contributed by atoms with Crippen LogP contribution < -0.4 is 10.4 Å². The van der Waals surface area contributed by atoms with Gasteiger partial charge >= 0.3 is 0 Å². The van der Waals surface area contributed by atoms with Crippen molar-refractivity contribution in [3.8, 4) is 0 Å². The summed E-state index contributed by atoms with van der Waals surface area (Å²) in [5, 5.41) is 2.39. The van der Waals surface area contributed by atoms with Gasteiger partial charge in [-0.25, -0.2) is 0 Å². The molecule has 0 heterocycles. The van der Waals surface area contributed by atoms with Crippen molar-refractivity contribution in [1.29, 1.82) is 0 Å². The molecule has 0 atom stereocenters. The van der Waals surface area contributed by atoms with E-state index in [1.165, 1.54) is 32.7 Å². The summed E-state index contributed by atoms with van der Waals surface area (Å²) < 4.78 is 0. The lowest BCUT2D eigenvalue weighted by atomic mass is 9.72. The van der Waals surface area contributed by atoms with Gasteiger partial charge in [0.1, 0.15) is 0 Å². The van der Waals surface area contributed by atoms with Crippen molar-refractivity contribution in [3.63, 3.8) is 0 Å². The molecule has 4 rings (SSSR count). The first-order chi connectivity index (χ1) is 12.5. The lowest BCUT2D eigenvalue weighted by Gasteiger charge is -2.31. The largest absolute Gasteiger partial charge is 0.0912 e. The van der Waals surface area contributed by atoms with Crippen molar-refractivity contribution in [1.82, 2.24) is 0 Å². The second-order valence-corrected chi connectivity index (χ2v) is 6.96. The quantitative estimate of drug-likeness (QED) is 0.714. The van der Waals surface area contributed by atoms with E-state index < -0.39 is 0 Å². The van der Waals surface area contributed by atoms with Crippen LogP contribution in [0.1, 0.15) is 13.3 Å². The van der Waals surface area contributed by atoms with Crippen LogP contribution in [0.15, 0.2) is 120 Å². The third-order valence-electron chi connectivity index (χ3n) is 5.45. The molecule has 26 heavy (non-hydrogen) atoms. The molecule has 0 aromatic heterocycles. The third kappa shape index (κ3) is 2.38. The first kappa shape index (κ1) is 16.4. The molecule has 0 aliphatic heterocycles. The van der Waals surface area contributed by atoms with Crippen LogP contribution in [-0.4, -0.2) is 0 Å². The Balaban J connectivity index is 1.84. The van der Waals surface area contributed by atoms with Gasteiger partial charge in [0.05, 0.1) is 0 Å². The van der Waals surface area contributed by atoms with Crippen LogP contribution in [0.25, 0.3) is 11.1 Å². The molecule has 0 heteroatoms. The van der Waals surface area contributed by atoms with E-state index in [2.05, 4.69) is 81.8 Å². The van der Waals surface area contributed by atoms with Crippen LogP contribution in [-0.2, 0) is 0 Å². The number of benzene rings is 1. The van der Waals surface area contributed by atoms with Gasteiger partial charge in [0.15, 0.2) is 0 Å². The van der Waals surface area contributed by atoms with E-state index in [0.717, 1.165) is 34.3 Å². The van der Waals surface area contributed by atoms with Gasteiger partial charge < -0.3 is 0 Å². The molecule has 126 valence electrons. The zero-order valence-corrected chi connectivity index (χ0v) is 15.2. The Morgan fingerprint density at radius 2 is 1.58 bits per heavy atom. The lowest BCUT2D eigenvalue weighted by molar-refractivity contribution is 1.24. The number of hydrogen-bond donors (Lipinski definition) is 0. The van der Waals surface area contributed by atoms with Crippen LogP contribution in [0.2, 0.25) is 0 Å². The zero-order chi connectivity index (χ0) is 18.4. The van der Waals surface area contributed by atoms with E-state index in [9.17, 15) is 0 Å². The Labute approximate surface area is 155 Å². The molecule has 0 N–H and O–H groups in total. The normalized spacial score (nSPS) is 18.8. The number of allylic oxidation sites excluding steroid dienone is 12. The van der Waals surface area contributed by atoms with Crippen molar-refractivity contribution in [2.45, 2.75) is 13.3 Å². The number of hydrogen-bond acceptors (Lipinski definition) is 0. The van der Waals surface area contributed by atoms with Gasteiger partial charge in [-0.2, -0.15) is 0 Å². The van der Waals surface area contributed by atoms with Crippen molar-refractivity contribution >= 4 is 11.1 Å². The topological polar surface area (TPSA) is 0 Å². The second kappa shape index (κ2) is 6.00. The first-order valence-corrected chi connectivity index (χ1v) is 8.87. The minimum absolute atomic E-state index is 0.990. The van der Waals surface area contributed by atoms with Gasteiger partial charge in [-0.3, -0.25) is 0 Å². The SMILES string of the molecule is C=C1C=CC(=c2ccc(=C(C)C3=C(C4=CCC=C4)C(=C)C3=C)cc2)C1=C. The van der Waals surface area contributed by atoms with Gasteiger partial charge in [0, 0.05) is 0 Å². The van der Waals surface area contributed by atoms with Crippen molar-refractivity contribution < 1.29 is 0 Å².